The Balaban J connectivity index is 1.56. The summed E-state index contributed by atoms with van der Waals surface area (Å²) in [7, 11) is 0. The molecule has 4 atom stereocenters. The molecule has 2 aliphatic rings. The maximum atomic E-state index is 6.18. The highest BCUT2D eigenvalue weighted by molar-refractivity contribution is 4.74. The van der Waals surface area contributed by atoms with E-state index in [0.717, 1.165) is 25.6 Å². The van der Waals surface area contributed by atoms with Crippen LogP contribution in [0.5, 0.6) is 0 Å². The molecule has 2 fully saturated rings. The van der Waals surface area contributed by atoms with Gasteiger partial charge in [0.2, 0.25) is 0 Å². The minimum atomic E-state index is 0.321. The highest BCUT2D eigenvalue weighted by atomic mass is 16.5. The van der Waals surface area contributed by atoms with Crippen molar-refractivity contribution in [1.29, 1.82) is 0 Å². The molecule has 3 heteroatoms. The Bertz CT molecular complexity index is 241. The van der Waals surface area contributed by atoms with Crippen LogP contribution in [0.4, 0.5) is 0 Å². The zero-order valence-electron chi connectivity index (χ0n) is 12.7. The first-order chi connectivity index (χ1) is 9.28. The minimum absolute atomic E-state index is 0.321. The number of rotatable bonds is 7. The van der Waals surface area contributed by atoms with E-state index in [9.17, 15) is 0 Å². The van der Waals surface area contributed by atoms with Gasteiger partial charge in [-0.2, -0.15) is 0 Å². The summed E-state index contributed by atoms with van der Waals surface area (Å²) in [4.78, 5) is 0. The molecule has 1 heterocycles. The molecule has 4 unspecified atom stereocenters. The van der Waals surface area contributed by atoms with Crippen molar-refractivity contribution in [1.82, 2.24) is 5.32 Å². The number of hydrogen-bond acceptors (Lipinski definition) is 3. The monoisotopic (exact) mass is 269 g/mol. The highest BCUT2D eigenvalue weighted by Crippen LogP contribution is 2.28. The summed E-state index contributed by atoms with van der Waals surface area (Å²) in [6.07, 6.45) is 10.3. The molecular weight excluding hydrogens is 238 g/mol. The zero-order valence-corrected chi connectivity index (χ0v) is 12.7. The molecule has 1 aliphatic heterocycles. The van der Waals surface area contributed by atoms with Crippen LogP contribution in [-0.2, 0) is 9.47 Å². The van der Waals surface area contributed by atoms with Gasteiger partial charge in [0.1, 0.15) is 0 Å². The van der Waals surface area contributed by atoms with E-state index in [4.69, 9.17) is 9.47 Å². The van der Waals surface area contributed by atoms with Gasteiger partial charge in [-0.15, -0.1) is 0 Å². The Morgan fingerprint density at radius 1 is 1.26 bits per heavy atom. The van der Waals surface area contributed by atoms with Crippen LogP contribution < -0.4 is 5.32 Å². The lowest BCUT2D eigenvalue weighted by Crippen LogP contribution is -2.35. The Labute approximate surface area is 118 Å². The normalized spacial score (nSPS) is 33.5. The van der Waals surface area contributed by atoms with E-state index < -0.39 is 0 Å². The maximum absolute atomic E-state index is 6.18. The molecule has 0 aromatic heterocycles. The van der Waals surface area contributed by atoms with Crippen molar-refractivity contribution in [3.8, 4) is 0 Å². The molecule has 2 rings (SSSR count). The minimum Gasteiger partial charge on any atom is -0.377 e. The number of nitrogens with one attached hydrogen (secondary N) is 1. The zero-order chi connectivity index (χ0) is 13.5. The Kier molecular flexibility index (Phi) is 6.62. The first-order valence-corrected chi connectivity index (χ1v) is 8.25. The van der Waals surface area contributed by atoms with E-state index in [2.05, 4.69) is 19.2 Å². The molecule has 0 amide bonds. The summed E-state index contributed by atoms with van der Waals surface area (Å²) in [5, 5.41) is 3.49. The second-order valence-electron chi connectivity index (χ2n) is 6.30. The summed E-state index contributed by atoms with van der Waals surface area (Å²) in [5.74, 6) is 0.894. The van der Waals surface area contributed by atoms with Crippen LogP contribution in [0.15, 0.2) is 0 Å². The fraction of sp³-hybridized carbons (Fsp3) is 1.00. The lowest BCUT2D eigenvalue weighted by atomic mass is 9.85. The van der Waals surface area contributed by atoms with Crippen LogP contribution in [0, 0.1) is 5.92 Å². The quantitative estimate of drug-likeness (QED) is 0.770. The average molecular weight is 269 g/mol. The third-order valence-corrected chi connectivity index (χ3v) is 4.56. The molecule has 0 bridgehead atoms. The van der Waals surface area contributed by atoms with Crippen molar-refractivity contribution >= 4 is 0 Å². The van der Waals surface area contributed by atoms with Gasteiger partial charge in [0.15, 0.2) is 0 Å². The second kappa shape index (κ2) is 8.23. The molecular formula is C16H31NO2. The van der Waals surface area contributed by atoms with Gasteiger partial charge >= 0.3 is 0 Å². The SMILES string of the molecule is CCC1CCCC(OC(C)CNCC2CCCO2)C1. The fourth-order valence-electron chi connectivity index (χ4n) is 3.37. The predicted octanol–water partition coefficient (Wildman–Crippen LogP) is 3.13. The molecule has 3 nitrogen and oxygen atoms in total. The van der Waals surface area contributed by atoms with E-state index in [1.165, 1.54) is 44.9 Å². The lowest BCUT2D eigenvalue weighted by molar-refractivity contribution is -0.0323. The van der Waals surface area contributed by atoms with Crippen molar-refractivity contribution in [2.75, 3.05) is 19.7 Å². The van der Waals surface area contributed by atoms with Crippen LogP contribution >= 0.6 is 0 Å². The molecule has 19 heavy (non-hydrogen) atoms. The van der Waals surface area contributed by atoms with Gasteiger partial charge in [0.05, 0.1) is 18.3 Å². The van der Waals surface area contributed by atoms with Crippen LogP contribution in [0.1, 0.15) is 58.8 Å². The molecule has 0 spiro atoms. The first-order valence-electron chi connectivity index (χ1n) is 8.25. The number of hydrogen-bond donors (Lipinski definition) is 1. The Hall–Kier alpha value is -0.120. The fourth-order valence-corrected chi connectivity index (χ4v) is 3.37. The van der Waals surface area contributed by atoms with E-state index in [0.29, 0.717) is 18.3 Å². The smallest absolute Gasteiger partial charge is 0.0700 e. The van der Waals surface area contributed by atoms with Crippen LogP contribution in [0.2, 0.25) is 0 Å². The van der Waals surface area contributed by atoms with E-state index in [1.54, 1.807) is 0 Å². The summed E-state index contributed by atoms with van der Waals surface area (Å²) in [6.45, 7) is 7.37. The molecule has 1 saturated heterocycles. The average Bonchev–Trinajstić information content (AvgIpc) is 2.92. The molecule has 0 aromatic carbocycles. The predicted molar refractivity (Wildman–Crippen MR) is 78.4 cm³/mol. The molecule has 1 aliphatic carbocycles. The van der Waals surface area contributed by atoms with Crippen LogP contribution in [0.3, 0.4) is 0 Å². The van der Waals surface area contributed by atoms with E-state index in [-0.39, 0.29) is 0 Å². The molecule has 1 N–H and O–H groups in total. The maximum Gasteiger partial charge on any atom is 0.0700 e. The first kappa shape index (κ1) is 15.3. The molecule has 112 valence electrons. The van der Waals surface area contributed by atoms with Crippen LogP contribution in [-0.4, -0.2) is 38.0 Å². The van der Waals surface area contributed by atoms with Crippen molar-refractivity contribution in [3.63, 3.8) is 0 Å². The highest BCUT2D eigenvalue weighted by Gasteiger charge is 2.23. The molecule has 0 radical (unpaired) electrons. The summed E-state index contributed by atoms with van der Waals surface area (Å²) in [6, 6.07) is 0. The Morgan fingerprint density at radius 2 is 2.16 bits per heavy atom. The third-order valence-electron chi connectivity index (χ3n) is 4.56. The summed E-state index contributed by atoms with van der Waals surface area (Å²) >= 11 is 0. The van der Waals surface area contributed by atoms with Gasteiger partial charge in [-0.25, -0.2) is 0 Å². The van der Waals surface area contributed by atoms with Gasteiger partial charge in [-0.05, 0) is 38.5 Å². The summed E-state index contributed by atoms with van der Waals surface area (Å²) in [5.41, 5.74) is 0. The van der Waals surface area contributed by atoms with Gasteiger partial charge in [0.25, 0.3) is 0 Å². The van der Waals surface area contributed by atoms with Crippen molar-refractivity contribution in [2.45, 2.75) is 77.1 Å². The van der Waals surface area contributed by atoms with E-state index >= 15 is 0 Å². The topological polar surface area (TPSA) is 30.5 Å². The lowest BCUT2D eigenvalue weighted by Gasteiger charge is -2.30. The molecule has 1 saturated carbocycles. The van der Waals surface area contributed by atoms with Crippen LogP contribution in [0.25, 0.3) is 0 Å². The van der Waals surface area contributed by atoms with Gasteiger partial charge in [-0.1, -0.05) is 26.2 Å². The second-order valence-corrected chi connectivity index (χ2v) is 6.30. The van der Waals surface area contributed by atoms with Gasteiger partial charge in [-0.3, -0.25) is 0 Å². The third kappa shape index (κ3) is 5.41. The molecule has 0 aromatic rings. The standard InChI is InChI=1S/C16H31NO2/c1-3-14-6-4-7-15(10-14)19-13(2)11-17-12-16-8-5-9-18-16/h13-17H,3-12H2,1-2H3. The van der Waals surface area contributed by atoms with E-state index in [1.807, 2.05) is 0 Å². The van der Waals surface area contributed by atoms with Crippen molar-refractivity contribution in [3.05, 3.63) is 0 Å². The van der Waals surface area contributed by atoms with Gasteiger partial charge in [0, 0.05) is 19.7 Å². The van der Waals surface area contributed by atoms with Crippen molar-refractivity contribution < 1.29 is 9.47 Å². The largest absolute Gasteiger partial charge is 0.377 e. The summed E-state index contributed by atoms with van der Waals surface area (Å²) < 4.78 is 11.8. The Morgan fingerprint density at radius 3 is 2.89 bits per heavy atom. The van der Waals surface area contributed by atoms with Crippen molar-refractivity contribution in [2.24, 2.45) is 5.92 Å². The number of ether oxygens (including phenoxy) is 2. The van der Waals surface area contributed by atoms with Gasteiger partial charge < -0.3 is 14.8 Å².